The van der Waals surface area contributed by atoms with Gasteiger partial charge < -0.3 is 10.0 Å². The Bertz CT molecular complexity index is 1400. The highest BCUT2D eigenvalue weighted by Crippen LogP contribution is 2.49. The summed E-state index contributed by atoms with van der Waals surface area (Å²) in [7, 11) is 0. The highest BCUT2D eigenvalue weighted by Gasteiger charge is 2.45. The molecule has 7 heteroatoms. The van der Waals surface area contributed by atoms with Crippen LogP contribution < -0.4 is 4.90 Å². The van der Waals surface area contributed by atoms with Gasteiger partial charge in [0.05, 0.1) is 22.4 Å². The molecule has 0 spiro atoms. The van der Waals surface area contributed by atoms with Gasteiger partial charge in [-0.05, 0) is 49.3 Å². The lowest BCUT2D eigenvalue weighted by molar-refractivity contribution is -0.127. The highest BCUT2D eigenvalue weighted by molar-refractivity contribution is 6.33. The lowest BCUT2D eigenvalue weighted by Crippen LogP contribution is -2.34. The SMILES string of the molecule is CC1=NN(CC(C)(C)C)C(=O)/C1=C1/C(=O)C(/C=C2\N(CCCC(=O)C3CCCC3)c3ccccc3C2(C)C)=C1O. The number of carbonyl (C=O) groups is 3. The van der Waals surface area contributed by atoms with Gasteiger partial charge in [0.15, 0.2) is 0 Å². The molecule has 2 heterocycles. The molecule has 1 aromatic rings. The fourth-order valence-corrected chi connectivity index (χ4v) is 6.53. The molecular weight excluding hydrogens is 502 g/mol. The van der Waals surface area contributed by atoms with Gasteiger partial charge in [0.2, 0.25) is 5.78 Å². The third-order valence-electron chi connectivity index (χ3n) is 8.61. The molecule has 7 nitrogen and oxygen atoms in total. The number of ketones is 2. The second-order valence-electron chi connectivity index (χ2n) is 13.3. The first kappa shape index (κ1) is 28.1. The number of amides is 1. The summed E-state index contributed by atoms with van der Waals surface area (Å²) in [6.07, 6.45) is 7.36. The van der Waals surface area contributed by atoms with Gasteiger partial charge >= 0.3 is 0 Å². The molecule has 2 aliphatic heterocycles. The molecule has 0 unspecified atom stereocenters. The van der Waals surface area contributed by atoms with Crippen molar-refractivity contribution in [1.29, 1.82) is 0 Å². The molecule has 5 rings (SSSR count). The van der Waals surface area contributed by atoms with Crippen LogP contribution in [0.15, 0.2) is 63.6 Å². The standard InChI is InChI=1S/C33H41N3O4/c1-20-27(31(40)36(34-20)19-32(2,3)4)28-29(38)22(30(28)39)18-26-33(5,6)23-14-9-10-15-24(23)35(26)17-11-16-25(37)21-12-7-8-13-21/h9-10,14-15,18,21,38H,7-8,11-13,16-17,19H2,1-6H3/b26-18-,28-27+. The van der Waals surface area contributed by atoms with Crippen molar-refractivity contribution < 1.29 is 19.5 Å². The Morgan fingerprint density at radius 3 is 2.45 bits per heavy atom. The second-order valence-corrected chi connectivity index (χ2v) is 13.3. The van der Waals surface area contributed by atoms with Gasteiger partial charge in [-0.3, -0.25) is 14.4 Å². The predicted molar refractivity (Wildman–Crippen MR) is 157 cm³/mol. The van der Waals surface area contributed by atoms with E-state index in [-0.39, 0.29) is 45.5 Å². The number of para-hydroxylation sites is 1. The van der Waals surface area contributed by atoms with Crippen LogP contribution in [0.4, 0.5) is 5.69 Å². The normalized spacial score (nSPS) is 23.9. The van der Waals surface area contributed by atoms with Crippen molar-refractivity contribution in [3.8, 4) is 0 Å². The summed E-state index contributed by atoms with van der Waals surface area (Å²) < 4.78 is 0. The van der Waals surface area contributed by atoms with Crippen molar-refractivity contribution in [2.24, 2.45) is 16.4 Å². The van der Waals surface area contributed by atoms with Crippen LogP contribution in [0.5, 0.6) is 0 Å². The van der Waals surface area contributed by atoms with E-state index >= 15 is 0 Å². The van der Waals surface area contributed by atoms with Crippen LogP contribution in [0, 0.1) is 11.3 Å². The van der Waals surface area contributed by atoms with Crippen LogP contribution in [-0.4, -0.2) is 46.4 Å². The molecule has 212 valence electrons. The van der Waals surface area contributed by atoms with Crippen LogP contribution in [0.2, 0.25) is 0 Å². The van der Waals surface area contributed by atoms with E-state index in [1.54, 1.807) is 13.0 Å². The van der Waals surface area contributed by atoms with Gasteiger partial charge in [0, 0.05) is 42.2 Å². The summed E-state index contributed by atoms with van der Waals surface area (Å²) in [4.78, 5) is 41.6. The Morgan fingerprint density at radius 2 is 1.80 bits per heavy atom. The summed E-state index contributed by atoms with van der Waals surface area (Å²) in [5.41, 5.74) is 3.42. The van der Waals surface area contributed by atoms with Crippen molar-refractivity contribution in [2.75, 3.05) is 18.0 Å². The summed E-state index contributed by atoms with van der Waals surface area (Å²) in [5, 5.41) is 16.9. The Labute approximate surface area is 237 Å². The molecule has 1 amide bonds. The smallest absolute Gasteiger partial charge is 0.276 e. The summed E-state index contributed by atoms with van der Waals surface area (Å²) in [6.45, 7) is 13.0. The first-order valence-electron chi connectivity index (χ1n) is 14.5. The molecule has 0 bridgehead atoms. The first-order chi connectivity index (χ1) is 18.8. The van der Waals surface area contributed by atoms with Crippen LogP contribution in [-0.2, 0) is 19.8 Å². The Kier molecular flexibility index (Phi) is 7.13. The molecule has 0 aromatic heterocycles. The van der Waals surface area contributed by atoms with E-state index in [1.165, 1.54) is 5.01 Å². The maximum absolute atomic E-state index is 13.5. The van der Waals surface area contributed by atoms with E-state index in [0.29, 0.717) is 31.0 Å². The third-order valence-corrected chi connectivity index (χ3v) is 8.61. The predicted octanol–water partition coefficient (Wildman–Crippen LogP) is 6.16. The monoisotopic (exact) mass is 543 g/mol. The van der Waals surface area contributed by atoms with Crippen LogP contribution in [0.25, 0.3) is 0 Å². The van der Waals surface area contributed by atoms with Crippen molar-refractivity contribution in [2.45, 2.75) is 85.5 Å². The number of allylic oxidation sites excluding steroid dienone is 4. The average Bonchev–Trinajstić information content (AvgIpc) is 3.56. The fourth-order valence-electron chi connectivity index (χ4n) is 6.53. The van der Waals surface area contributed by atoms with E-state index in [4.69, 9.17) is 0 Å². The molecule has 1 fully saturated rings. The van der Waals surface area contributed by atoms with Gasteiger partial charge in [-0.15, -0.1) is 0 Å². The minimum Gasteiger partial charge on any atom is -0.506 e. The molecule has 1 N–H and O–H groups in total. The van der Waals surface area contributed by atoms with Gasteiger partial charge in [0.25, 0.3) is 5.91 Å². The van der Waals surface area contributed by atoms with E-state index in [9.17, 15) is 19.5 Å². The zero-order valence-electron chi connectivity index (χ0n) is 24.6. The van der Waals surface area contributed by atoms with Gasteiger partial charge in [0.1, 0.15) is 11.5 Å². The number of benzene rings is 1. The Hall–Kier alpha value is -3.48. The molecule has 0 atom stereocenters. The number of aliphatic hydroxyl groups excluding tert-OH is 1. The van der Waals surface area contributed by atoms with Crippen molar-refractivity contribution in [3.05, 3.63) is 64.1 Å². The van der Waals surface area contributed by atoms with E-state index < -0.39 is 5.41 Å². The number of hydrazone groups is 1. The number of hydrogen-bond donors (Lipinski definition) is 1. The molecule has 40 heavy (non-hydrogen) atoms. The maximum atomic E-state index is 13.5. The number of hydrogen-bond acceptors (Lipinski definition) is 6. The molecule has 0 saturated heterocycles. The molecule has 1 aromatic carbocycles. The lowest BCUT2D eigenvalue weighted by Gasteiger charge is -2.29. The second kappa shape index (κ2) is 10.2. The zero-order valence-corrected chi connectivity index (χ0v) is 24.6. The number of rotatable bonds is 7. The van der Waals surface area contributed by atoms with Crippen molar-refractivity contribution in [1.82, 2.24) is 5.01 Å². The van der Waals surface area contributed by atoms with Crippen molar-refractivity contribution >= 4 is 28.9 Å². The minimum atomic E-state index is -0.410. The minimum absolute atomic E-state index is 0.0523. The van der Waals surface area contributed by atoms with Crippen molar-refractivity contribution in [3.63, 3.8) is 0 Å². The number of carbonyl (C=O) groups excluding carboxylic acids is 3. The Morgan fingerprint density at radius 1 is 1.12 bits per heavy atom. The third kappa shape index (κ3) is 4.84. The molecular formula is C33H41N3O4. The quantitative estimate of drug-likeness (QED) is 0.416. The summed E-state index contributed by atoms with van der Waals surface area (Å²) in [5.74, 6) is -0.279. The fraction of sp³-hybridized carbons (Fsp3) is 0.515. The van der Waals surface area contributed by atoms with Crippen LogP contribution in [0.3, 0.4) is 0 Å². The van der Waals surface area contributed by atoms with Crippen LogP contribution in [0.1, 0.15) is 85.6 Å². The van der Waals surface area contributed by atoms with Crippen LogP contribution >= 0.6 is 0 Å². The number of nitrogens with zero attached hydrogens (tertiary/aromatic N) is 3. The van der Waals surface area contributed by atoms with E-state index in [1.807, 2.05) is 32.9 Å². The highest BCUT2D eigenvalue weighted by atomic mass is 16.3. The average molecular weight is 544 g/mol. The van der Waals surface area contributed by atoms with Gasteiger partial charge in [-0.2, -0.15) is 5.10 Å². The molecule has 4 aliphatic rings. The van der Waals surface area contributed by atoms with Gasteiger partial charge in [-0.1, -0.05) is 65.7 Å². The Balaban J connectivity index is 1.44. The number of Topliss-reactive ketones (excluding diaryl/α,β-unsaturated/α-hetero) is 2. The van der Waals surface area contributed by atoms with E-state index in [2.05, 4.69) is 36.0 Å². The van der Waals surface area contributed by atoms with Gasteiger partial charge in [-0.25, -0.2) is 5.01 Å². The summed E-state index contributed by atoms with van der Waals surface area (Å²) in [6, 6.07) is 8.18. The molecule has 2 aliphatic carbocycles. The topological polar surface area (TPSA) is 90.3 Å². The number of fused-ring (bicyclic) bond motifs is 1. The first-order valence-corrected chi connectivity index (χ1v) is 14.5. The molecule has 1 saturated carbocycles. The number of aliphatic hydroxyl groups is 1. The maximum Gasteiger partial charge on any atom is 0.276 e. The zero-order chi connectivity index (χ0) is 29.0. The lowest BCUT2D eigenvalue weighted by atomic mass is 9.79. The number of anilines is 1. The summed E-state index contributed by atoms with van der Waals surface area (Å²) >= 11 is 0. The van der Waals surface area contributed by atoms with E-state index in [0.717, 1.165) is 49.1 Å². The molecule has 0 radical (unpaired) electrons. The largest absolute Gasteiger partial charge is 0.506 e.